The number of nitrogens with zero attached hydrogens (tertiary/aromatic N) is 4. The third-order valence-corrected chi connectivity index (χ3v) is 12.9. The zero-order valence-electron chi connectivity index (χ0n) is 34.0. The lowest BCUT2D eigenvalue weighted by molar-refractivity contribution is -0.0542. The van der Waals surface area contributed by atoms with Crippen LogP contribution in [0.25, 0.3) is 0 Å². The molecule has 1 saturated carbocycles. The topological polar surface area (TPSA) is 162 Å². The van der Waals surface area contributed by atoms with Gasteiger partial charge in [0, 0.05) is 60.3 Å². The van der Waals surface area contributed by atoms with Gasteiger partial charge in [-0.2, -0.15) is 4.37 Å². The summed E-state index contributed by atoms with van der Waals surface area (Å²) in [6, 6.07) is 5.81. The fourth-order valence-electron chi connectivity index (χ4n) is 7.50. The molecule has 0 radical (unpaired) electrons. The van der Waals surface area contributed by atoms with Crippen molar-refractivity contribution in [2.75, 3.05) is 43.5 Å². The van der Waals surface area contributed by atoms with Crippen LogP contribution in [0.4, 0.5) is 29.2 Å². The highest BCUT2D eigenvalue weighted by molar-refractivity contribution is 7.93. The highest BCUT2D eigenvalue weighted by Gasteiger charge is 2.54. The first-order valence-electron chi connectivity index (χ1n) is 18.9. The Morgan fingerprint density at radius 2 is 1.74 bits per heavy atom. The number of carbonyl (C=O) groups is 2. The van der Waals surface area contributed by atoms with Crippen molar-refractivity contribution in [2.45, 2.75) is 103 Å². The average molecular weight is 837 g/mol. The molecular formula is C39H54F2N6O8S2. The van der Waals surface area contributed by atoms with Gasteiger partial charge < -0.3 is 34.5 Å². The van der Waals surface area contributed by atoms with E-state index < -0.39 is 49.9 Å². The molecule has 3 atom stereocenters. The standard InChI is InChI=1S/C39H54F2N6O8S2/c1-24(45-35(48)54-37(2,3)4)26(15-27-11-10-14-39(27)21-46(22-39)36(49)55-38(5,6)7)19-42-31-17-30(41)33(18-29(31)40)57(50,51)47(34-43-23-44-56-34)20-25-12-13-28(52-8)16-32(25)53-9/h12-13,16-18,23-24,26-27,42H,10-11,14-15,19-22H2,1-9H3,(H,45,48)/t24-,26?,27?/m1/s1. The van der Waals surface area contributed by atoms with Crippen LogP contribution in [0.2, 0.25) is 0 Å². The molecule has 18 heteroatoms. The van der Waals surface area contributed by atoms with Gasteiger partial charge in [0.25, 0.3) is 10.0 Å². The zero-order valence-corrected chi connectivity index (χ0v) is 35.6. The van der Waals surface area contributed by atoms with E-state index >= 15 is 8.78 Å². The first-order valence-corrected chi connectivity index (χ1v) is 21.1. The number of amides is 2. The Hall–Kier alpha value is -4.45. The quantitative estimate of drug-likeness (QED) is 0.165. The van der Waals surface area contributed by atoms with Crippen LogP contribution in [0, 0.1) is 28.9 Å². The average Bonchev–Trinajstić information content (AvgIpc) is 3.78. The lowest BCUT2D eigenvalue weighted by Crippen LogP contribution is -2.61. The number of hydrogen-bond acceptors (Lipinski definition) is 12. The number of methoxy groups -OCH3 is 2. The Balaban J connectivity index is 1.37. The number of halogens is 2. The zero-order chi connectivity index (χ0) is 41.9. The number of alkyl carbamates (subject to hydrolysis) is 1. The van der Waals surface area contributed by atoms with Crippen LogP contribution in [0.5, 0.6) is 11.5 Å². The maximum atomic E-state index is 16.0. The summed E-state index contributed by atoms with van der Waals surface area (Å²) in [4.78, 5) is 30.5. The van der Waals surface area contributed by atoms with E-state index in [4.69, 9.17) is 18.9 Å². The molecule has 2 N–H and O–H groups in total. The largest absolute Gasteiger partial charge is 0.497 e. The third-order valence-electron chi connectivity index (χ3n) is 10.3. The molecule has 1 aliphatic carbocycles. The summed E-state index contributed by atoms with van der Waals surface area (Å²) < 4.78 is 86.8. The predicted molar refractivity (Wildman–Crippen MR) is 212 cm³/mol. The summed E-state index contributed by atoms with van der Waals surface area (Å²) in [5.41, 5.74) is -1.31. The van der Waals surface area contributed by atoms with Gasteiger partial charge in [-0.05, 0) is 97.8 Å². The van der Waals surface area contributed by atoms with Gasteiger partial charge in [0.05, 0.1) is 26.5 Å². The Morgan fingerprint density at radius 3 is 2.35 bits per heavy atom. The number of nitrogens with one attached hydrogen (secondary N) is 2. The SMILES string of the molecule is COc1ccc(CN(c2ncns2)S(=O)(=O)c2cc(F)c(NCC(CC3CCCC34CN(C(=O)OC(C)(C)C)C4)[C@@H](C)NC(=O)OC(C)(C)C)cc2F)c(OC)c1. The minimum Gasteiger partial charge on any atom is -0.497 e. The van der Waals surface area contributed by atoms with Gasteiger partial charge in [0.1, 0.15) is 45.6 Å². The second-order valence-electron chi connectivity index (χ2n) is 16.8. The third kappa shape index (κ3) is 10.5. The molecule has 1 saturated heterocycles. The number of rotatable bonds is 14. The molecule has 2 aromatic carbocycles. The van der Waals surface area contributed by atoms with Crippen molar-refractivity contribution in [1.82, 2.24) is 19.6 Å². The maximum absolute atomic E-state index is 16.0. The van der Waals surface area contributed by atoms with E-state index in [1.165, 1.54) is 20.5 Å². The van der Waals surface area contributed by atoms with Gasteiger partial charge in [-0.25, -0.2) is 36.1 Å². The summed E-state index contributed by atoms with van der Waals surface area (Å²) in [5, 5.41) is 5.85. The molecule has 2 heterocycles. The molecule has 1 aromatic heterocycles. The molecule has 1 aliphatic heterocycles. The molecule has 2 aliphatic rings. The normalized spacial score (nSPS) is 17.7. The molecule has 314 valence electrons. The lowest BCUT2D eigenvalue weighted by atomic mass is 9.68. The van der Waals surface area contributed by atoms with Crippen molar-refractivity contribution in [3.05, 3.63) is 53.9 Å². The lowest BCUT2D eigenvalue weighted by Gasteiger charge is -2.52. The highest BCUT2D eigenvalue weighted by atomic mass is 32.2. The Labute approximate surface area is 337 Å². The van der Waals surface area contributed by atoms with Gasteiger partial charge in [0.2, 0.25) is 5.13 Å². The van der Waals surface area contributed by atoms with Crippen LogP contribution in [-0.4, -0.2) is 86.0 Å². The number of benzene rings is 2. The van der Waals surface area contributed by atoms with Crippen molar-refractivity contribution in [3.8, 4) is 11.5 Å². The summed E-state index contributed by atoms with van der Waals surface area (Å²) in [6.45, 7) is 13.5. The summed E-state index contributed by atoms with van der Waals surface area (Å²) >= 11 is 0.776. The number of sulfonamides is 1. The molecule has 3 aromatic rings. The number of ether oxygens (including phenoxy) is 4. The smallest absolute Gasteiger partial charge is 0.410 e. The predicted octanol–water partition coefficient (Wildman–Crippen LogP) is 7.60. The Bertz CT molecular complexity index is 2000. The second kappa shape index (κ2) is 17.2. The van der Waals surface area contributed by atoms with Crippen LogP contribution in [0.15, 0.2) is 41.6 Å². The van der Waals surface area contributed by atoms with Crippen molar-refractivity contribution < 1.29 is 45.7 Å². The number of aromatic nitrogens is 2. The number of carbonyl (C=O) groups excluding carboxylic acids is 2. The molecule has 57 heavy (non-hydrogen) atoms. The molecule has 2 unspecified atom stereocenters. The molecule has 2 amide bonds. The number of likely N-dealkylation sites (tertiary alicyclic amines) is 1. The van der Waals surface area contributed by atoms with E-state index in [-0.39, 0.29) is 47.3 Å². The molecule has 5 rings (SSSR count). The monoisotopic (exact) mass is 836 g/mol. The minimum atomic E-state index is -4.74. The molecule has 1 spiro atoms. The van der Waals surface area contributed by atoms with E-state index in [2.05, 4.69) is 20.0 Å². The minimum absolute atomic E-state index is 0.0606. The van der Waals surface area contributed by atoms with Crippen molar-refractivity contribution >= 4 is 44.6 Å². The number of hydrogen-bond donors (Lipinski definition) is 2. The van der Waals surface area contributed by atoms with Gasteiger partial charge in [0.15, 0.2) is 0 Å². The van der Waals surface area contributed by atoms with E-state index in [9.17, 15) is 18.0 Å². The van der Waals surface area contributed by atoms with Crippen LogP contribution in [0.1, 0.15) is 79.7 Å². The molecular weight excluding hydrogens is 783 g/mol. The van der Waals surface area contributed by atoms with E-state index in [1.807, 2.05) is 27.7 Å². The Morgan fingerprint density at radius 1 is 1.04 bits per heavy atom. The summed E-state index contributed by atoms with van der Waals surface area (Å²) in [5.74, 6) is -1.51. The van der Waals surface area contributed by atoms with Gasteiger partial charge in [-0.3, -0.25) is 0 Å². The van der Waals surface area contributed by atoms with E-state index in [0.717, 1.165) is 41.2 Å². The van der Waals surface area contributed by atoms with Gasteiger partial charge >= 0.3 is 12.2 Å². The molecule has 14 nitrogen and oxygen atoms in total. The first kappa shape index (κ1) is 43.7. The summed E-state index contributed by atoms with van der Waals surface area (Å²) in [7, 11) is -1.84. The summed E-state index contributed by atoms with van der Waals surface area (Å²) in [6.07, 6.45) is 3.61. The molecule has 0 bridgehead atoms. The van der Waals surface area contributed by atoms with Gasteiger partial charge in [-0.1, -0.05) is 6.42 Å². The van der Waals surface area contributed by atoms with Crippen LogP contribution in [0.3, 0.4) is 0 Å². The van der Waals surface area contributed by atoms with Crippen molar-refractivity contribution in [2.24, 2.45) is 17.3 Å². The van der Waals surface area contributed by atoms with Crippen molar-refractivity contribution in [1.29, 1.82) is 0 Å². The number of anilines is 2. The van der Waals surface area contributed by atoms with E-state index in [1.54, 1.807) is 43.9 Å². The van der Waals surface area contributed by atoms with Crippen molar-refractivity contribution in [3.63, 3.8) is 0 Å². The fourth-order valence-corrected chi connectivity index (χ4v) is 9.69. The first-order chi connectivity index (χ1) is 26.6. The van der Waals surface area contributed by atoms with Crippen LogP contribution in [-0.2, 0) is 26.0 Å². The molecule has 2 fully saturated rings. The second-order valence-corrected chi connectivity index (χ2v) is 19.4. The van der Waals surface area contributed by atoms with E-state index in [0.29, 0.717) is 42.6 Å². The van der Waals surface area contributed by atoms with Crippen LogP contribution >= 0.6 is 11.5 Å². The van der Waals surface area contributed by atoms with Crippen LogP contribution < -0.4 is 24.4 Å². The van der Waals surface area contributed by atoms with Gasteiger partial charge in [-0.15, -0.1) is 0 Å². The fraction of sp³-hybridized carbons (Fsp3) is 0.590. The maximum Gasteiger partial charge on any atom is 0.410 e. The Kier molecular flexibility index (Phi) is 13.2. The highest BCUT2D eigenvalue weighted by Crippen LogP contribution is 2.52.